The summed E-state index contributed by atoms with van der Waals surface area (Å²) in [6.45, 7) is 6.43. The van der Waals surface area contributed by atoms with Crippen LogP contribution < -0.4 is 11.1 Å². The third-order valence-electron chi connectivity index (χ3n) is 5.07. The van der Waals surface area contributed by atoms with Gasteiger partial charge in [-0.25, -0.2) is 0 Å². The fraction of sp³-hybridized carbons (Fsp3) is 0.826. The van der Waals surface area contributed by atoms with Crippen LogP contribution in [0.2, 0.25) is 0 Å². The molecular weight excluding hydrogens is 336 g/mol. The van der Waals surface area contributed by atoms with Gasteiger partial charge in [-0.1, -0.05) is 110 Å². The molecule has 3 N–H and O–H groups in total. The lowest BCUT2D eigenvalue weighted by Gasteiger charge is -2.06. The Morgan fingerprint density at radius 1 is 0.704 bits per heavy atom. The molecular formula is C23H44N2O2. The summed E-state index contributed by atoms with van der Waals surface area (Å²) in [4.78, 5) is 22.3. The van der Waals surface area contributed by atoms with Gasteiger partial charge in [-0.2, -0.15) is 0 Å². The van der Waals surface area contributed by atoms with Gasteiger partial charge < -0.3 is 11.1 Å². The summed E-state index contributed by atoms with van der Waals surface area (Å²) in [5.41, 5.74) is 5.23. The molecule has 158 valence electrons. The average Bonchev–Trinajstić information content (AvgIpc) is 2.64. The van der Waals surface area contributed by atoms with Crippen molar-refractivity contribution in [1.29, 1.82) is 0 Å². The number of unbranched alkanes of at least 4 members (excludes halogenated alkanes) is 15. The molecule has 0 atom stereocenters. The van der Waals surface area contributed by atoms with E-state index in [9.17, 15) is 9.59 Å². The minimum Gasteiger partial charge on any atom is -0.366 e. The van der Waals surface area contributed by atoms with E-state index < -0.39 is 5.91 Å². The first-order chi connectivity index (χ1) is 13.1. The summed E-state index contributed by atoms with van der Waals surface area (Å²) in [6, 6.07) is 0. The minimum atomic E-state index is -0.604. The predicted octanol–water partition coefficient (Wildman–Crippen LogP) is 5.80. The van der Waals surface area contributed by atoms with E-state index in [1.807, 2.05) is 0 Å². The number of hydrogen-bond acceptors (Lipinski definition) is 2. The lowest BCUT2D eigenvalue weighted by atomic mass is 10.0. The summed E-state index contributed by atoms with van der Waals surface area (Å²) < 4.78 is 0. The highest BCUT2D eigenvalue weighted by Gasteiger charge is 2.07. The highest BCUT2D eigenvalue weighted by atomic mass is 16.2. The second kappa shape index (κ2) is 19.4. The van der Waals surface area contributed by atoms with Crippen molar-refractivity contribution in [2.75, 3.05) is 6.54 Å². The van der Waals surface area contributed by atoms with E-state index in [2.05, 4.69) is 18.8 Å². The van der Waals surface area contributed by atoms with Crippen LogP contribution in [0.15, 0.2) is 12.2 Å². The zero-order valence-corrected chi connectivity index (χ0v) is 17.8. The number of nitrogens with one attached hydrogen (secondary N) is 1. The molecule has 0 aromatic rings. The first-order valence-corrected chi connectivity index (χ1v) is 11.3. The van der Waals surface area contributed by atoms with Crippen molar-refractivity contribution in [2.24, 2.45) is 5.73 Å². The summed E-state index contributed by atoms with van der Waals surface area (Å²) in [6.07, 6.45) is 21.5. The van der Waals surface area contributed by atoms with E-state index in [0.717, 1.165) is 12.8 Å². The van der Waals surface area contributed by atoms with Gasteiger partial charge in [-0.05, 0) is 6.42 Å². The molecule has 4 nitrogen and oxygen atoms in total. The summed E-state index contributed by atoms with van der Waals surface area (Å²) in [5, 5.41) is 2.81. The maximum absolute atomic E-state index is 11.5. The van der Waals surface area contributed by atoms with E-state index in [1.165, 1.54) is 89.9 Å². The number of rotatable bonds is 20. The largest absolute Gasteiger partial charge is 0.366 e. The maximum atomic E-state index is 11.5. The van der Waals surface area contributed by atoms with Crippen LogP contribution >= 0.6 is 0 Å². The zero-order chi connectivity index (χ0) is 20.2. The van der Waals surface area contributed by atoms with Crippen molar-refractivity contribution >= 4 is 11.8 Å². The molecule has 0 bridgehead atoms. The van der Waals surface area contributed by atoms with Gasteiger partial charge in [-0.3, -0.25) is 9.59 Å². The van der Waals surface area contributed by atoms with Gasteiger partial charge in [0.2, 0.25) is 11.8 Å². The van der Waals surface area contributed by atoms with Crippen LogP contribution in [-0.2, 0) is 9.59 Å². The van der Waals surface area contributed by atoms with Crippen molar-refractivity contribution in [2.45, 2.75) is 116 Å². The molecule has 0 fully saturated rings. The standard InChI is InChI=1S/C23H44N2O2/c1-3-4-5-6-7-8-9-10-11-12-13-14-15-16-17-18-19-25-22(26)20-21(2)23(24)27/h2-20H2,1H3,(H2,24,27)(H,25,26). The van der Waals surface area contributed by atoms with Crippen molar-refractivity contribution in [1.82, 2.24) is 5.32 Å². The minimum absolute atomic E-state index is 0.00813. The third-order valence-corrected chi connectivity index (χ3v) is 5.07. The van der Waals surface area contributed by atoms with Gasteiger partial charge >= 0.3 is 0 Å². The number of nitrogens with two attached hydrogens (primary N) is 1. The molecule has 0 aliphatic carbocycles. The van der Waals surface area contributed by atoms with Crippen molar-refractivity contribution in [3.8, 4) is 0 Å². The van der Waals surface area contributed by atoms with Crippen LogP contribution in [0, 0.1) is 0 Å². The van der Waals surface area contributed by atoms with Gasteiger partial charge in [0.05, 0.1) is 6.42 Å². The first kappa shape index (κ1) is 25.7. The van der Waals surface area contributed by atoms with Gasteiger partial charge in [0.1, 0.15) is 0 Å². The molecule has 0 aliphatic heterocycles. The van der Waals surface area contributed by atoms with E-state index >= 15 is 0 Å². The highest BCUT2D eigenvalue weighted by molar-refractivity contribution is 5.96. The second-order valence-corrected chi connectivity index (χ2v) is 7.80. The highest BCUT2D eigenvalue weighted by Crippen LogP contribution is 2.13. The maximum Gasteiger partial charge on any atom is 0.244 e. The van der Waals surface area contributed by atoms with E-state index in [0.29, 0.717) is 6.54 Å². The molecule has 0 aromatic carbocycles. The summed E-state index contributed by atoms with van der Waals surface area (Å²) in [5.74, 6) is -0.771. The number of carbonyl (C=O) groups is 2. The molecule has 0 saturated carbocycles. The van der Waals surface area contributed by atoms with E-state index in [1.54, 1.807) is 0 Å². The molecule has 0 spiro atoms. The quantitative estimate of drug-likeness (QED) is 0.207. The molecule has 2 amide bonds. The molecule has 0 aliphatic rings. The van der Waals surface area contributed by atoms with Crippen LogP contribution in [-0.4, -0.2) is 18.4 Å². The Bertz CT molecular complexity index is 394. The van der Waals surface area contributed by atoms with Crippen LogP contribution in [0.4, 0.5) is 0 Å². The van der Waals surface area contributed by atoms with Crippen LogP contribution in [0.5, 0.6) is 0 Å². The Hall–Kier alpha value is -1.32. The van der Waals surface area contributed by atoms with Crippen LogP contribution in [0.3, 0.4) is 0 Å². The van der Waals surface area contributed by atoms with E-state index in [-0.39, 0.29) is 17.9 Å². The van der Waals surface area contributed by atoms with Gasteiger partial charge in [0.15, 0.2) is 0 Å². The average molecular weight is 381 g/mol. The lowest BCUT2D eigenvalue weighted by Crippen LogP contribution is -2.27. The zero-order valence-electron chi connectivity index (χ0n) is 17.8. The molecule has 0 rings (SSSR count). The van der Waals surface area contributed by atoms with E-state index in [4.69, 9.17) is 5.73 Å². The molecule has 0 radical (unpaired) electrons. The molecule has 0 heterocycles. The molecule has 0 saturated heterocycles. The SMILES string of the molecule is C=C(CC(=O)NCCCCCCCCCCCCCCCCCC)C(N)=O. The van der Waals surface area contributed by atoms with Crippen LogP contribution in [0.25, 0.3) is 0 Å². The molecule has 27 heavy (non-hydrogen) atoms. The first-order valence-electron chi connectivity index (χ1n) is 11.3. The normalized spacial score (nSPS) is 10.7. The Morgan fingerprint density at radius 3 is 1.44 bits per heavy atom. The van der Waals surface area contributed by atoms with Gasteiger partial charge in [0.25, 0.3) is 0 Å². The number of amides is 2. The number of primary amides is 1. The van der Waals surface area contributed by atoms with Gasteiger partial charge in [-0.15, -0.1) is 0 Å². The smallest absolute Gasteiger partial charge is 0.244 e. The van der Waals surface area contributed by atoms with Crippen molar-refractivity contribution in [3.05, 3.63) is 12.2 Å². The Kier molecular flexibility index (Phi) is 18.5. The fourth-order valence-electron chi connectivity index (χ4n) is 3.24. The van der Waals surface area contributed by atoms with Crippen molar-refractivity contribution in [3.63, 3.8) is 0 Å². The lowest BCUT2D eigenvalue weighted by molar-refractivity contribution is -0.122. The number of hydrogen-bond donors (Lipinski definition) is 2. The van der Waals surface area contributed by atoms with Gasteiger partial charge in [0, 0.05) is 12.1 Å². The Labute approximate surface area is 167 Å². The molecule has 0 unspecified atom stereocenters. The Balaban J connectivity index is 3.18. The number of carbonyl (C=O) groups excluding carboxylic acids is 2. The topological polar surface area (TPSA) is 72.2 Å². The van der Waals surface area contributed by atoms with Crippen molar-refractivity contribution < 1.29 is 9.59 Å². The third kappa shape index (κ3) is 19.3. The summed E-state index contributed by atoms with van der Waals surface area (Å²) >= 11 is 0. The molecule has 0 aromatic heterocycles. The fourth-order valence-corrected chi connectivity index (χ4v) is 3.24. The monoisotopic (exact) mass is 380 g/mol. The second-order valence-electron chi connectivity index (χ2n) is 7.80. The Morgan fingerprint density at radius 2 is 1.07 bits per heavy atom. The predicted molar refractivity (Wildman–Crippen MR) is 116 cm³/mol. The summed E-state index contributed by atoms with van der Waals surface area (Å²) in [7, 11) is 0. The van der Waals surface area contributed by atoms with Crippen LogP contribution in [0.1, 0.15) is 116 Å². The molecule has 4 heteroatoms.